The molecule has 0 unspecified atom stereocenters. The van der Waals surface area contributed by atoms with Crippen LogP contribution in [0.25, 0.3) is 28.2 Å². The van der Waals surface area contributed by atoms with Gasteiger partial charge in [-0.15, -0.1) is 0 Å². The molecule has 0 aliphatic carbocycles. The van der Waals surface area contributed by atoms with Crippen LogP contribution in [-0.2, 0) is 15.7 Å². The van der Waals surface area contributed by atoms with Gasteiger partial charge in [-0.2, -0.15) is 13.2 Å². The van der Waals surface area contributed by atoms with Gasteiger partial charge in [0, 0.05) is 17.2 Å². The van der Waals surface area contributed by atoms with Crippen molar-refractivity contribution in [1.82, 2.24) is 0 Å². The van der Waals surface area contributed by atoms with Gasteiger partial charge in [0.15, 0.2) is 5.70 Å². The summed E-state index contributed by atoms with van der Waals surface area (Å²) in [5.74, 6) is 0.0625. The molecule has 2 heterocycles. The van der Waals surface area contributed by atoms with Gasteiger partial charge in [-0.3, -0.25) is 0 Å². The van der Waals surface area contributed by atoms with Crippen LogP contribution in [0.5, 0.6) is 0 Å². The lowest BCUT2D eigenvalue weighted by molar-refractivity contribution is -0.137. The summed E-state index contributed by atoms with van der Waals surface area (Å²) in [5, 5.41) is 1.88. The fraction of sp³-hybridized carbons (Fsp3) is 0.0400. The molecule has 0 fully saturated rings. The minimum Gasteiger partial charge on any atom is -0.457 e. The van der Waals surface area contributed by atoms with Gasteiger partial charge < -0.3 is 9.15 Å². The van der Waals surface area contributed by atoms with Crippen molar-refractivity contribution in [3.8, 4) is 11.3 Å². The zero-order chi connectivity index (χ0) is 22.3. The van der Waals surface area contributed by atoms with Crippen LogP contribution in [0.4, 0.5) is 13.2 Å². The normalized spacial score (nSPS) is 15.3. The lowest BCUT2D eigenvalue weighted by atomic mass is 10.0. The Morgan fingerprint density at radius 1 is 0.875 bits per heavy atom. The second-order valence-electron chi connectivity index (χ2n) is 7.14. The van der Waals surface area contributed by atoms with Crippen LogP contribution in [0.1, 0.15) is 16.9 Å². The fourth-order valence-corrected chi connectivity index (χ4v) is 3.51. The Morgan fingerprint density at radius 2 is 1.66 bits per heavy atom. The quantitative estimate of drug-likeness (QED) is 0.275. The van der Waals surface area contributed by atoms with Crippen molar-refractivity contribution >= 4 is 28.7 Å². The van der Waals surface area contributed by atoms with E-state index in [4.69, 9.17) is 9.15 Å². The standard InChI is InChI=1S/C25H14F3NO3/c26-25(27,28)17-8-3-7-16(13-17)22-12-11-18(31-22)14-21-24(30)32-23(29-21)20-10-4-6-15-5-1-2-9-19(15)20/h1-14H. The van der Waals surface area contributed by atoms with E-state index in [1.807, 2.05) is 42.5 Å². The number of nitrogens with zero attached hydrogens (tertiary/aromatic N) is 1. The summed E-state index contributed by atoms with van der Waals surface area (Å²) >= 11 is 0. The molecule has 5 rings (SSSR count). The number of carbonyl (C=O) groups excluding carboxylic acids is 1. The largest absolute Gasteiger partial charge is 0.457 e. The number of esters is 1. The summed E-state index contributed by atoms with van der Waals surface area (Å²) in [7, 11) is 0. The second kappa shape index (κ2) is 7.53. The number of carbonyl (C=O) groups is 1. The predicted octanol–water partition coefficient (Wildman–Crippen LogP) is 6.46. The Labute approximate surface area is 180 Å². The molecule has 1 aliphatic rings. The number of aliphatic imine (C=N–C) groups is 1. The van der Waals surface area contributed by atoms with Gasteiger partial charge in [0.05, 0.1) is 5.56 Å². The maximum absolute atomic E-state index is 13.0. The molecule has 4 aromatic rings. The molecule has 0 saturated heterocycles. The van der Waals surface area contributed by atoms with Gasteiger partial charge in [-0.05, 0) is 41.1 Å². The van der Waals surface area contributed by atoms with Crippen molar-refractivity contribution in [2.24, 2.45) is 4.99 Å². The summed E-state index contributed by atoms with van der Waals surface area (Å²) in [6.45, 7) is 0. The molecule has 0 spiro atoms. The van der Waals surface area contributed by atoms with Gasteiger partial charge in [0.2, 0.25) is 5.90 Å². The average Bonchev–Trinajstić information content (AvgIpc) is 3.40. The van der Waals surface area contributed by atoms with E-state index in [1.54, 1.807) is 6.07 Å². The molecule has 1 aliphatic heterocycles. The maximum atomic E-state index is 13.0. The van der Waals surface area contributed by atoms with Crippen LogP contribution in [0.3, 0.4) is 0 Å². The molecule has 0 N–H and O–H groups in total. The first kappa shape index (κ1) is 19.8. The first-order chi connectivity index (χ1) is 15.4. The highest BCUT2D eigenvalue weighted by molar-refractivity contribution is 6.17. The number of furan rings is 1. The van der Waals surface area contributed by atoms with E-state index >= 15 is 0 Å². The van der Waals surface area contributed by atoms with E-state index in [9.17, 15) is 18.0 Å². The van der Waals surface area contributed by atoms with E-state index in [1.165, 1.54) is 24.3 Å². The first-order valence-electron chi connectivity index (χ1n) is 9.67. The highest BCUT2D eigenvalue weighted by atomic mass is 19.4. The third-order valence-corrected chi connectivity index (χ3v) is 5.02. The lowest BCUT2D eigenvalue weighted by Gasteiger charge is -2.07. The SMILES string of the molecule is O=C1OC(c2cccc3ccccc23)=NC1=Cc1ccc(-c2cccc(C(F)(F)F)c2)o1. The molecule has 7 heteroatoms. The molecular weight excluding hydrogens is 419 g/mol. The van der Waals surface area contributed by atoms with E-state index in [0.29, 0.717) is 5.56 Å². The van der Waals surface area contributed by atoms with Crippen LogP contribution < -0.4 is 0 Å². The number of ether oxygens (including phenoxy) is 1. The van der Waals surface area contributed by atoms with Crippen molar-refractivity contribution < 1.29 is 27.1 Å². The van der Waals surface area contributed by atoms with Crippen LogP contribution >= 0.6 is 0 Å². The minimum absolute atomic E-state index is 0.0397. The Hall–Kier alpha value is -4.13. The number of fused-ring (bicyclic) bond motifs is 1. The molecule has 1 aromatic heterocycles. The number of hydrogen-bond acceptors (Lipinski definition) is 4. The number of benzene rings is 3. The summed E-state index contributed by atoms with van der Waals surface area (Å²) in [6.07, 6.45) is -3.05. The van der Waals surface area contributed by atoms with Crippen LogP contribution in [0.2, 0.25) is 0 Å². The summed E-state index contributed by atoms with van der Waals surface area (Å²) in [5.41, 5.74) is 0.232. The van der Waals surface area contributed by atoms with E-state index < -0.39 is 17.7 Å². The molecule has 0 bridgehead atoms. The Kier molecular flexibility index (Phi) is 4.66. The molecule has 0 saturated carbocycles. The van der Waals surface area contributed by atoms with Crippen molar-refractivity contribution in [3.05, 3.63) is 101 Å². The monoisotopic (exact) mass is 433 g/mol. The smallest absolute Gasteiger partial charge is 0.416 e. The van der Waals surface area contributed by atoms with Crippen LogP contribution in [0.15, 0.2) is 94.0 Å². The summed E-state index contributed by atoms with van der Waals surface area (Å²) < 4.78 is 49.9. The number of hydrogen-bond donors (Lipinski definition) is 0. The van der Waals surface area contributed by atoms with Crippen molar-refractivity contribution in [2.75, 3.05) is 0 Å². The van der Waals surface area contributed by atoms with Gasteiger partial charge in [-0.25, -0.2) is 9.79 Å². The number of halogens is 3. The van der Waals surface area contributed by atoms with Gasteiger partial charge in [-0.1, -0.05) is 48.5 Å². The van der Waals surface area contributed by atoms with E-state index in [2.05, 4.69) is 4.99 Å². The average molecular weight is 433 g/mol. The molecular formula is C25H14F3NO3. The highest BCUT2D eigenvalue weighted by Gasteiger charge is 2.30. The zero-order valence-corrected chi connectivity index (χ0v) is 16.4. The van der Waals surface area contributed by atoms with E-state index in [-0.39, 0.29) is 28.7 Å². The van der Waals surface area contributed by atoms with Gasteiger partial charge >= 0.3 is 12.1 Å². The lowest BCUT2D eigenvalue weighted by Crippen LogP contribution is -2.05. The summed E-state index contributed by atoms with van der Waals surface area (Å²) in [6, 6.07) is 21.2. The molecule has 3 aromatic carbocycles. The first-order valence-corrected chi connectivity index (χ1v) is 9.67. The Bertz CT molecular complexity index is 1410. The number of alkyl halides is 3. The number of rotatable bonds is 3. The maximum Gasteiger partial charge on any atom is 0.416 e. The molecule has 32 heavy (non-hydrogen) atoms. The topological polar surface area (TPSA) is 51.8 Å². The van der Waals surface area contributed by atoms with Crippen molar-refractivity contribution in [3.63, 3.8) is 0 Å². The Balaban J connectivity index is 1.47. The second-order valence-corrected chi connectivity index (χ2v) is 7.14. The van der Waals surface area contributed by atoms with Gasteiger partial charge in [0.1, 0.15) is 11.5 Å². The molecule has 158 valence electrons. The number of cyclic esters (lactones) is 1. The predicted molar refractivity (Wildman–Crippen MR) is 114 cm³/mol. The summed E-state index contributed by atoms with van der Waals surface area (Å²) in [4.78, 5) is 16.7. The minimum atomic E-state index is -4.45. The van der Waals surface area contributed by atoms with Crippen molar-refractivity contribution in [2.45, 2.75) is 6.18 Å². The zero-order valence-electron chi connectivity index (χ0n) is 16.4. The molecule has 0 amide bonds. The third-order valence-electron chi connectivity index (χ3n) is 5.02. The highest BCUT2D eigenvalue weighted by Crippen LogP contribution is 2.33. The van der Waals surface area contributed by atoms with Crippen LogP contribution in [0, 0.1) is 0 Å². The fourth-order valence-electron chi connectivity index (χ4n) is 3.51. The van der Waals surface area contributed by atoms with Crippen LogP contribution in [-0.4, -0.2) is 11.9 Å². The van der Waals surface area contributed by atoms with E-state index in [0.717, 1.165) is 22.9 Å². The van der Waals surface area contributed by atoms with Crippen molar-refractivity contribution in [1.29, 1.82) is 0 Å². The molecule has 4 nitrogen and oxygen atoms in total. The Morgan fingerprint density at radius 3 is 2.50 bits per heavy atom. The molecule has 0 radical (unpaired) electrons. The van der Waals surface area contributed by atoms with Gasteiger partial charge in [0.25, 0.3) is 0 Å². The third kappa shape index (κ3) is 3.69. The molecule has 0 atom stereocenters.